The van der Waals surface area contributed by atoms with Crippen LogP contribution in [-0.2, 0) is 11.3 Å². The first kappa shape index (κ1) is 19.7. The molecule has 142 valence electrons. The summed E-state index contributed by atoms with van der Waals surface area (Å²) in [6.45, 7) is 3.38. The Hall–Kier alpha value is -1.02. The lowest BCUT2D eigenvalue weighted by molar-refractivity contribution is -0.119. The van der Waals surface area contributed by atoms with E-state index in [1.54, 1.807) is 12.1 Å². The van der Waals surface area contributed by atoms with Gasteiger partial charge in [-0.25, -0.2) is 0 Å². The first-order valence-electron chi connectivity index (χ1n) is 8.24. The fraction of sp³-hybridized carbons (Fsp3) is 0.562. The van der Waals surface area contributed by atoms with Gasteiger partial charge in [-0.2, -0.15) is 0 Å². The Kier molecular flexibility index (Phi) is 5.72. The van der Waals surface area contributed by atoms with E-state index in [2.05, 4.69) is 10.6 Å². The lowest BCUT2D eigenvalue weighted by Gasteiger charge is -2.44. The van der Waals surface area contributed by atoms with Crippen molar-refractivity contribution in [3.63, 3.8) is 0 Å². The second-order valence-electron chi connectivity index (χ2n) is 6.73. The Labute approximate surface area is 171 Å². The number of piperidine rings is 1. The molecule has 0 spiro atoms. The molecule has 3 rings (SSSR count). The molecule has 0 aromatic carbocycles. The maximum atomic E-state index is 12.1. The van der Waals surface area contributed by atoms with Gasteiger partial charge in [0.25, 0.3) is 5.56 Å². The fourth-order valence-electron chi connectivity index (χ4n) is 3.68. The van der Waals surface area contributed by atoms with Crippen molar-refractivity contribution in [2.24, 2.45) is 5.92 Å². The van der Waals surface area contributed by atoms with E-state index in [0.717, 1.165) is 12.1 Å². The van der Waals surface area contributed by atoms with Gasteiger partial charge in [-0.15, -0.1) is 0 Å². The van der Waals surface area contributed by atoms with Crippen LogP contribution in [0.25, 0.3) is 0 Å². The first-order valence-corrected chi connectivity index (χ1v) is 9.78. The van der Waals surface area contributed by atoms with Crippen LogP contribution in [0.3, 0.4) is 0 Å². The summed E-state index contributed by atoms with van der Waals surface area (Å²) in [7, 11) is 0. The molecule has 6 nitrogen and oxygen atoms in total. The van der Waals surface area contributed by atoms with Gasteiger partial charge in [0.2, 0.25) is 9.70 Å². The Morgan fingerprint density at radius 3 is 2.65 bits per heavy atom. The van der Waals surface area contributed by atoms with Crippen molar-refractivity contribution < 1.29 is 4.79 Å². The molecule has 1 aromatic rings. The number of nitrogens with zero attached hydrogens (tertiary/aromatic N) is 2. The molecule has 2 N–H and O–H groups in total. The largest absolute Gasteiger partial charge is 0.348 e. The third-order valence-electron chi connectivity index (χ3n) is 4.71. The predicted octanol–water partition coefficient (Wildman–Crippen LogP) is 1.97. The van der Waals surface area contributed by atoms with E-state index in [9.17, 15) is 9.59 Å². The quantitative estimate of drug-likeness (QED) is 0.421. The smallest absolute Gasteiger partial charge is 0.250 e. The SMILES string of the molecule is CC(=O)N[C@@H](NC(=S)N1C[C@@H]2C[C@H](C1)c1cccc(=O)n1C2)C(Cl)(Cl)Cl. The molecule has 0 saturated carbocycles. The highest BCUT2D eigenvalue weighted by Gasteiger charge is 2.38. The van der Waals surface area contributed by atoms with E-state index < -0.39 is 9.96 Å². The number of carbonyl (C=O) groups is 1. The molecular weight excluding hydrogens is 419 g/mol. The zero-order valence-corrected chi connectivity index (χ0v) is 17.1. The molecule has 1 saturated heterocycles. The number of likely N-dealkylation sites (tertiary alicyclic amines) is 1. The summed E-state index contributed by atoms with van der Waals surface area (Å²) in [5, 5.41) is 5.91. The summed E-state index contributed by atoms with van der Waals surface area (Å²) in [4.78, 5) is 25.5. The van der Waals surface area contributed by atoms with Gasteiger partial charge in [0.15, 0.2) is 5.11 Å². The summed E-state index contributed by atoms with van der Waals surface area (Å²) in [5.74, 6) is 0.191. The lowest BCUT2D eigenvalue weighted by atomic mass is 9.83. The van der Waals surface area contributed by atoms with Gasteiger partial charge in [-0.1, -0.05) is 40.9 Å². The second kappa shape index (κ2) is 7.54. The van der Waals surface area contributed by atoms with Gasteiger partial charge < -0.3 is 20.1 Å². The van der Waals surface area contributed by atoms with Gasteiger partial charge in [0, 0.05) is 44.2 Å². The Balaban J connectivity index is 1.74. The molecule has 2 bridgehead atoms. The highest BCUT2D eigenvalue weighted by atomic mass is 35.6. The Bertz CT molecular complexity index is 779. The normalized spacial score (nSPS) is 23.0. The molecular formula is C16H19Cl3N4O2S. The number of alkyl halides is 3. The highest BCUT2D eigenvalue weighted by molar-refractivity contribution is 7.80. The minimum atomic E-state index is -1.75. The molecule has 1 fully saturated rings. The zero-order valence-electron chi connectivity index (χ0n) is 14.0. The van der Waals surface area contributed by atoms with Gasteiger partial charge in [0.1, 0.15) is 6.17 Å². The molecule has 0 unspecified atom stereocenters. The number of fused-ring (bicyclic) bond motifs is 4. The molecule has 3 atom stereocenters. The van der Waals surface area contributed by atoms with Gasteiger partial charge >= 0.3 is 0 Å². The van der Waals surface area contributed by atoms with Crippen molar-refractivity contribution in [3.8, 4) is 0 Å². The molecule has 0 radical (unpaired) electrons. The van der Waals surface area contributed by atoms with Crippen LogP contribution in [0, 0.1) is 5.92 Å². The zero-order chi connectivity index (χ0) is 19.1. The molecule has 10 heteroatoms. The first-order chi connectivity index (χ1) is 12.1. The van der Waals surface area contributed by atoms with Crippen LogP contribution in [0.4, 0.5) is 0 Å². The number of hydrogen-bond donors (Lipinski definition) is 2. The van der Waals surface area contributed by atoms with Gasteiger partial charge in [0.05, 0.1) is 0 Å². The summed E-state index contributed by atoms with van der Waals surface area (Å²) in [6.07, 6.45) is 0.0801. The van der Waals surface area contributed by atoms with Crippen LogP contribution < -0.4 is 16.2 Å². The van der Waals surface area contributed by atoms with Crippen molar-refractivity contribution in [2.75, 3.05) is 13.1 Å². The standard InChI is InChI=1S/C16H19Cl3N4O2S/c1-9(24)20-14(16(17,18)19)21-15(26)22-6-10-5-11(8-22)12-3-2-4-13(25)23(12)7-10/h2-4,10-11,14H,5-8H2,1H3,(H,20,24)(H,21,26)/t10-,11+,14-/m0/s1. The van der Waals surface area contributed by atoms with Crippen LogP contribution in [0.2, 0.25) is 0 Å². The Morgan fingerprint density at radius 2 is 2.00 bits per heavy atom. The van der Waals surface area contributed by atoms with Gasteiger partial charge in [-0.3, -0.25) is 9.59 Å². The summed E-state index contributed by atoms with van der Waals surface area (Å²) < 4.78 is 0.107. The van der Waals surface area contributed by atoms with Crippen molar-refractivity contribution in [1.29, 1.82) is 0 Å². The maximum Gasteiger partial charge on any atom is 0.250 e. The van der Waals surface area contributed by atoms with Crippen molar-refractivity contribution in [1.82, 2.24) is 20.1 Å². The third-order valence-corrected chi connectivity index (χ3v) is 5.74. The van der Waals surface area contributed by atoms with Crippen molar-refractivity contribution in [3.05, 3.63) is 34.2 Å². The topological polar surface area (TPSA) is 66.4 Å². The van der Waals surface area contributed by atoms with Gasteiger partial charge in [-0.05, 0) is 30.6 Å². The monoisotopic (exact) mass is 436 g/mol. The number of nitrogens with one attached hydrogen (secondary N) is 2. The maximum absolute atomic E-state index is 12.1. The molecule has 1 aromatic heterocycles. The van der Waals surface area contributed by atoms with Crippen molar-refractivity contribution >= 4 is 58.0 Å². The van der Waals surface area contributed by atoms with E-state index >= 15 is 0 Å². The molecule has 0 aliphatic carbocycles. The molecule has 1 amide bonds. The number of rotatable bonds is 2. The summed E-state index contributed by atoms with van der Waals surface area (Å²) in [6, 6.07) is 5.37. The highest BCUT2D eigenvalue weighted by Crippen LogP contribution is 2.35. The van der Waals surface area contributed by atoms with E-state index in [1.807, 2.05) is 15.5 Å². The van der Waals surface area contributed by atoms with Crippen LogP contribution in [0.15, 0.2) is 23.0 Å². The van der Waals surface area contributed by atoms with E-state index in [-0.39, 0.29) is 17.4 Å². The number of hydrogen-bond acceptors (Lipinski definition) is 3. The number of halogens is 3. The fourth-order valence-corrected chi connectivity index (χ4v) is 4.27. The Morgan fingerprint density at radius 1 is 1.27 bits per heavy atom. The predicted molar refractivity (Wildman–Crippen MR) is 107 cm³/mol. The summed E-state index contributed by atoms with van der Waals surface area (Å²) in [5.41, 5.74) is 1.06. The van der Waals surface area contributed by atoms with Crippen LogP contribution in [0.1, 0.15) is 25.0 Å². The van der Waals surface area contributed by atoms with Crippen LogP contribution in [-0.4, -0.2) is 43.5 Å². The molecule has 2 aliphatic rings. The second-order valence-corrected chi connectivity index (χ2v) is 9.48. The average Bonchev–Trinajstić information content (AvgIpc) is 2.54. The van der Waals surface area contributed by atoms with Crippen molar-refractivity contribution in [2.45, 2.75) is 35.8 Å². The molecule has 3 heterocycles. The minimum Gasteiger partial charge on any atom is -0.348 e. The van der Waals surface area contributed by atoms with E-state index in [4.69, 9.17) is 47.0 Å². The number of thiocarbonyl (C=S) groups is 1. The number of amides is 1. The molecule has 26 heavy (non-hydrogen) atoms. The minimum absolute atomic E-state index is 0.0354. The lowest BCUT2D eigenvalue weighted by Crippen LogP contribution is -2.59. The van der Waals surface area contributed by atoms with E-state index in [1.165, 1.54) is 6.92 Å². The number of pyridine rings is 1. The number of aromatic nitrogens is 1. The van der Waals surface area contributed by atoms with Crippen LogP contribution in [0.5, 0.6) is 0 Å². The van der Waals surface area contributed by atoms with E-state index in [0.29, 0.717) is 30.7 Å². The average molecular weight is 438 g/mol. The third kappa shape index (κ3) is 4.27. The molecule has 2 aliphatic heterocycles. The van der Waals surface area contributed by atoms with Crippen LogP contribution >= 0.6 is 47.0 Å². The number of carbonyl (C=O) groups excluding carboxylic acids is 1. The summed E-state index contributed by atoms with van der Waals surface area (Å²) >= 11 is 23.3.